The first-order chi connectivity index (χ1) is 7.24. The monoisotopic (exact) mass is 256 g/mol. The van der Waals surface area contributed by atoms with Crippen LogP contribution in [0, 0.1) is 0 Å². The molecular formula is C13H14Cl2O. The maximum Gasteiger partial charge on any atom is 0.236 e. The molecule has 0 aromatic heterocycles. The summed E-state index contributed by atoms with van der Waals surface area (Å²) >= 11 is 9.55. The van der Waals surface area contributed by atoms with E-state index in [1.165, 1.54) is 10.8 Å². The lowest BCUT2D eigenvalue weighted by atomic mass is 10.1. The Morgan fingerprint density at radius 3 is 1.38 bits per heavy atom. The molecule has 0 aliphatic carbocycles. The quantitative estimate of drug-likeness (QED) is 0.544. The minimum absolute atomic E-state index is 0. The van der Waals surface area contributed by atoms with Crippen molar-refractivity contribution in [3.8, 4) is 0 Å². The highest BCUT2D eigenvalue weighted by atomic mass is 35.5. The van der Waals surface area contributed by atoms with E-state index in [4.69, 9.17) is 23.2 Å². The number of hydrogen-bond donors (Lipinski definition) is 0. The number of fused-ring (bicyclic) bond motifs is 1. The summed E-state index contributed by atoms with van der Waals surface area (Å²) in [6.45, 7) is 0. The molecule has 2 aromatic carbocycles. The fourth-order valence-corrected chi connectivity index (χ4v) is 1.13. The summed E-state index contributed by atoms with van der Waals surface area (Å²) in [4.78, 5) is 9.45. The Kier molecular flexibility index (Phi) is 7.61. The fraction of sp³-hybridized carbons (Fsp3) is 0.154. The first kappa shape index (κ1) is 14.9. The van der Waals surface area contributed by atoms with E-state index in [2.05, 4.69) is 48.5 Å². The summed E-state index contributed by atoms with van der Waals surface area (Å²) in [5.41, 5.74) is 0. The second kappa shape index (κ2) is 8.14. The van der Waals surface area contributed by atoms with Crippen molar-refractivity contribution >= 4 is 39.2 Å². The van der Waals surface area contributed by atoms with Gasteiger partial charge in [-0.2, -0.15) is 0 Å². The standard InChI is InChI=1S/C10H8.C2H2Cl2O.CH4/c1-2-6-10-8-4-3-7-9(10)5-1;3-1-2(4)5;/h1-8H;1H2;1H4. The average molecular weight is 257 g/mol. The lowest BCUT2D eigenvalue weighted by Gasteiger charge is -1.92. The van der Waals surface area contributed by atoms with Crippen LogP contribution in [0.25, 0.3) is 10.8 Å². The predicted molar refractivity (Wildman–Crippen MR) is 72.3 cm³/mol. The van der Waals surface area contributed by atoms with E-state index in [0.29, 0.717) is 0 Å². The Labute approximate surface area is 106 Å². The highest BCUT2D eigenvalue weighted by Crippen LogP contribution is 2.11. The Balaban J connectivity index is 0.000000330. The van der Waals surface area contributed by atoms with Gasteiger partial charge in [-0.3, -0.25) is 4.79 Å². The van der Waals surface area contributed by atoms with Crippen molar-refractivity contribution in [1.82, 2.24) is 0 Å². The van der Waals surface area contributed by atoms with Crippen LogP contribution in [-0.4, -0.2) is 11.1 Å². The zero-order valence-electron chi connectivity index (χ0n) is 7.99. The highest BCUT2D eigenvalue weighted by Gasteiger charge is 1.85. The molecule has 0 atom stereocenters. The third-order valence-corrected chi connectivity index (χ3v) is 2.28. The first-order valence-corrected chi connectivity index (χ1v) is 5.33. The molecule has 0 unspecified atom stereocenters. The van der Waals surface area contributed by atoms with Crippen LogP contribution in [0.2, 0.25) is 0 Å². The topological polar surface area (TPSA) is 17.1 Å². The molecule has 0 aliphatic heterocycles. The van der Waals surface area contributed by atoms with Gasteiger partial charge >= 0.3 is 0 Å². The molecule has 0 fully saturated rings. The van der Waals surface area contributed by atoms with Gasteiger partial charge in [-0.15, -0.1) is 11.6 Å². The van der Waals surface area contributed by atoms with Gasteiger partial charge < -0.3 is 0 Å². The largest absolute Gasteiger partial charge is 0.280 e. The van der Waals surface area contributed by atoms with Gasteiger partial charge in [0.15, 0.2) is 0 Å². The maximum absolute atomic E-state index is 9.45. The van der Waals surface area contributed by atoms with Gasteiger partial charge in [0.1, 0.15) is 0 Å². The van der Waals surface area contributed by atoms with Gasteiger partial charge in [0.2, 0.25) is 5.24 Å². The zero-order chi connectivity index (χ0) is 11.1. The molecule has 0 radical (unpaired) electrons. The lowest BCUT2D eigenvalue weighted by Crippen LogP contribution is -1.81. The van der Waals surface area contributed by atoms with Crippen molar-refractivity contribution in [2.45, 2.75) is 7.43 Å². The minimum Gasteiger partial charge on any atom is -0.280 e. The van der Waals surface area contributed by atoms with Crippen LogP contribution in [0.5, 0.6) is 0 Å². The number of carbonyl (C=O) groups is 1. The molecule has 1 nitrogen and oxygen atoms in total. The van der Waals surface area contributed by atoms with Crippen LogP contribution in [0.3, 0.4) is 0 Å². The molecule has 0 heterocycles. The van der Waals surface area contributed by atoms with E-state index < -0.39 is 5.24 Å². The van der Waals surface area contributed by atoms with Crippen molar-refractivity contribution in [3.05, 3.63) is 48.5 Å². The van der Waals surface area contributed by atoms with E-state index in [1.54, 1.807) is 0 Å². The third-order valence-electron chi connectivity index (χ3n) is 1.76. The first-order valence-electron chi connectivity index (χ1n) is 4.42. The second-order valence-electron chi connectivity index (χ2n) is 2.84. The van der Waals surface area contributed by atoms with Gasteiger partial charge in [-0.05, 0) is 22.4 Å². The summed E-state index contributed by atoms with van der Waals surface area (Å²) in [6.07, 6.45) is 0. The molecule has 0 aliphatic rings. The van der Waals surface area contributed by atoms with Crippen molar-refractivity contribution in [3.63, 3.8) is 0 Å². The van der Waals surface area contributed by atoms with Gasteiger partial charge in [0.25, 0.3) is 0 Å². The summed E-state index contributed by atoms with van der Waals surface area (Å²) in [6, 6.07) is 16.7. The van der Waals surface area contributed by atoms with Crippen molar-refractivity contribution in [2.24, 2.45) is 0 Å². The van der Waals surface area contributed by atoms with Crippen LogP contribution >= 0.6 is 23.2 Å². The molecule has 0 spiro atoms. The number of benzene rings is 2. The molecule has 0 bridgehead atoms. The lowest BCUT2D eigenvalue weighted by molar-refractivity contribution is -0.109. The predicted octanol–water partition coefficient (Wildman–Crippen LogP) is 4.47. The molecule has 0 saturated heterocycles. The van der Waals surface area contributed by atoms with Crippen LogP contribution in [-0.2, 0) is 4.79 Å². The summed E-state index contributed by atoms with van der Waals surface area (Å²) in [7, 11) is 0. The van der Waals surface area contributed by atoms with Crippen molar-refractivity contribution in [2.75, 3.05) is 5.88 Å². The van der Waals surface area contributed by atoms with Gasteiger partial charge in [-0.25, -0.2) is 0 Å². The SMILES string of the molecule is C.O=C(Cl)CCl.c1ccc2ccccc2c1. The van der Waals surface area contributed by atoms with Crippen molar-refractivity contribution in [1.29, 1.82) is 0 Å². The normalized spacial score (nSPS) is 8.62. The van der Waals surface area contributed by atoms with E-state index >= 15 is 0 Å². The molecule has 2 aromatic rings. The molecule has 0 N–H and O–H groups in total. The van der Waals surface area contributed by atoms with Crippen LogP contribution in [0.4, 0.5) is 0 Å². The fourth-order valence-electron chi connectivity index (χ4n) is 1.13. The van der Waals surface area contributed by atoms with Gasteiger partial charge in [-0.1, -0.05) is 56.0 Å². The number of hydrogen-bond acceptors (Lipinski definition) is 1. The van der Waals surface area contributed by atoms with E-state index in [1.807, 2.05) is 0 Å². The minimum atomic E-state index is -0.508. The number of rotatable bonds is 1. The Bertz CT molecular complexity index is 375. The van der Waals surface area contributed by atoms with E-state index in [-0.39, 0.29) is 13.3 Å². The molecule has 3 heteroatoms. The molecule has 86 valence electrons. The molecule has 0 saturated carbocycles. The van der Waals surface area contributed by atoms with Crippen molar-refractivity contribution < 1.29 is 4.79 Å². The number of halogens is 2. The highest BCUT2D eigenvalue weighted by molar-refractivity contribution is 6.67. The summed E-state index contributed by atoms with van der Waals surface area (Å²) < 4.78 is 0. The van der Waals surface area contributed by atoms with E-state index in [9.17, 15) is 4.79 Å². The number of carbonyl (C=O) groups excluding carboxylic acids is 1. The smallest absolute Gasteiger partial charge is 0.236 e. The van der Waals surface area contributed by atoms with Crippen LogP contribution < -0.4 is 0 Å². The zero-order valence-corrected chi connectivity index (χ0v) is 9.50. The molecule has 2 rings (SSSR count). The number of alkyl halides is 1. The van der Waals surface area contributed by atoms with E-state index in [0.717, 1.165) is 0 Å². The molecule has 16 heavy (non-hydrogen) atoms. The maximum atomic E-state index is 9.45. The summed E-state index contributed by atoms with van der Waals surface area (Å²) in [5, 5.41) is 2.11. The van der Waals surface area contributed by atoms with Gasteiger partial charge in [0, 0.05) is 0 Å². The molecule has 0 amide bonds. The Hall–Kier alpha value is -1.05. The molecular weight excluding hydrogens is 243 g/mol. The van der Waals surface area contributed by atoms with Gasteiger partial charge in [0.05, 0.1) is 5.88 Å². The Morgan fingerprint density at radius 2 is 1.19 bits per heavy atom. The Morgan fingerprint density at radius 1 is 0.938 bits per heavy atom. The second-order valence-corrected chi connectivity index (χ2v) is 3.52. The van der Waals surface area contributed by atoms with Crippen LogP contribution in [0.15, 0.2) is 48.5 Å². The third kappa shape index (κ3) is 5.15. The average Bonchev–Trinajstić information content (AvgIpc) is 2.30. The summed E-state index contributed by atoms with van der Waals surface area (Å²) in [5.74, 6) is -0.0957. The van der Waals surface area contributed by atoms with Crippen LogP contribution in [0.1, 0.15) is 7.43 Å².